The number of hydrogen-bond acceptors (Lipinski definition) is 10. The lowest BCUT2D eigenvalue weighted by molar-refractivity contribution is -0.148. The zero-order chi connectivity index (χ0) is 41.9. The SMILES string of the molecule is CC(C)C[C@H](NC(=O)CNC(=O)[C@H](C)NC(=O)[C@H](Cc1ccccc1)NC(=O)[C@@H](N)Cc1ccccc1)C(=O)N[C@@H](CC(=O)O)C(=O)N[C@@H](CC(=O)O)C(=O)O. The van der Waals surface area contributed by atoms with Gasteiger partial charge in [0, 0.05) is 6.42 Å². The Morgan fingerprint density at radius 2 is 1.02 bits per heavy atom. The predicted octanol–water partition coefficient (Wildman–Crippen LogP) is -1.56. The highest BCUT2D eigenvalue weighted by atomic mass is 16.4. The summed E-state index contributed by atoms with van der Waals surface area (Å²) in [5.41, 5.74) is 7.67. The van der Waals surface area contributed by atoms with Gasteiger partial charge in [0.2, 0.25) is 35.4 Å². The molecule has 0 radical (unpaired) electrons. The van der Waals surface area contributed by atoms with E-state index in [9.17, 15) is 53.4 Å². The lowest BCUT2D eigenvalue weighted by Gasteiger charge is -2.25. The van der Waals surface area contributed by atoms with Crippen LogP contribution < -0.4 is 37.6 Å². The molecule has 6 atom stereocenters. The summed E-state index contributed by atoms with van der Waals surface area (Å²) in [5.74, 6) is -10.3. The summed E-state index contributed by atoms with van der Waals surface area (Å²) >= 11 is 0. The topological polar surface area (TPSA) is 313 Å². The number of carbonyl (C=O) groups is 9. The largest absolute Gasteiger partial charge is 0.481 e. The number of hydrogen-bond donors (Lipinski definition) is 10. The molecule has 0 heterocycles. The first-order valence-corrected chi connectivity index (χ1v) is 17.6. The second-order valence-electron chi connectivity index (χ2n) is 13.4. The van der Waals surface area contributed by atoms with Crippen LogP contribution in [-0.2, 0) is 56.0 Å². The molecule has 0 saturated carbocycles. The lowest BCUT2D eigenvalue weighted by Crippen LogP contribution is -2.58. The van der Waals surface area contributed by atoms with Crippen LogP contribution in [0.1, 0.15) is 51.2 Å². The summed E-state index contributed by atoms with van der Waals surface area (Å²) in [4.78, 5) is 112. The van der Waals surface area contributed by atoms with Crippen LogP contribution >= 0.6 is 0 Å². The van der Waals surface area contributed by atoms with Crippen molar-refractivity contribution >= 4 is 53.4 Å². The minimum absolute atomic E-state index is 0.0142. The van der Waals surface area contributed by atoms with E-state index in [1.807, 2.05) is 23.5 Å². The van der Waals surface area contributed by atoms with E-state index in [-0.39, 0.29) is 25.2 Å². The predicted molar refractivity (Wildman–Crippen MR) is 198 cm³/mol. The maximum atomic E-state index is 13.4. The molecule has 0 spiro atoms. The molecule has 19 heteroatoms. The third-order valence-corrected chi connectivity index (χ3v) is 8.09. The van der Waals surface area contributed by atoms with E-state index < -0.39 is 109 Å². The maximum absolute atomic E-state index is 13.4. The smallest absolute Gasteiger partial charge is 0.326 e. The van der Waals surface area contributed by atoms with Crippen molar-refractivity contribution in [3.8, 4) is 0 Å². The molecule has 0 bridgehead atoms. The Morgan fingerprint density at radius 3 is 1.54 bits per heavy atom. The summed E-state index contributed by atoms with van der Waals surface area (Å²) in [6.07, 6.45) is -1.75. The molecule has 2 rings (SSSR count). The molecule has 0 fully saturated rings. The minimum Gasteiger partial charge on any atom is -0.481 e. The molecule has 0 aliphatic carbocycles. The molecule has 0 unspecified atom stereocenters. The van der Waals surface area contributed by atoms with Gasteiger partial charge in [-0.25, -0.2) is 4.79 Å². The van der Waals surface area contributed by atoms with Gasteiger partial charge in [-0.15, -0.1) is 0 Å². The fourth-order valence-electron chi connectivity index (χ4n) is 5.25. The number of rotatable bonds is 23. The molecule has 56 heavy (non-hydrogen) atoms. The van der Waals surface area contributed by atoms with E-state index in [1.54, 1.807) is 56.3 Å². The van der Waals surface area contributed by atoms with Crippen LogP contribution in [0, 0.1) is 5.92 Å². The maximum Gasteiger partial charge on any atom is 0.326 e. The Bertz CT molecular complexity index is 1710. The van der Waals surface area contributed by atoms with Gasteiger partial charge in [-0.3, -0.25) is 38.4 Å². The van der Waals surface area contributed by atoms with Gasteiger partial charge in [0.25, 0.3) is 0 Å². The zero-order valence-electron chi connectivity index (χ0n) is 31.2. The van der Waals surface area contributed by atoms with Crippen LogP contribution in [0.3, 0.4) is 0 Å². The van der Waals surface area contributed by atoms with Crippen molar-refractivity contribution in [3.63, 3.8) is 0 Å². The zero-order valence-corrected chi connectivity index (χ0v) is 31.2. The molecule has 2 aromatic carbocycles. The first-order chi connectivity index (χ1) is 26.4. The second-order valence-corrected chi connectivity index (χ2v) is 13.4. The van der Waals surface area contributed by atoms with E-state index in [2.05, 4.69) is 26.6 Å². The van der Waals surface area contributed by atoms with Gasteiger partial charge in [-0.1, -0.05) is 74.5 Å². The average Bonchev–Trinajstić information content (AvgIpc) is 3.12. The van der Waals surface area contributed by atoms with Crippen molar-refractivity contribution in [2.75, 3.05) is 6.54 Å². The van der Waals surface area contributed by atoms with E-state index in [1.165, 1.54) is 6.92 Å². The van der Waals surface area contributed by atoms with E-state index in [0.717, 1.165) is 11.1 Å². The molecule has 0 aliphatic rings. The van der Waals surface area contributed by atoms with Gasteiger partial charge in [-0.05, 0) is 36.8 Å². The molecular formula is C37H49N7O12. The molecule has 0 aliphatic heterocycles. The standard InChI is InChI=1S/C37H49N7O12/c1-20(2)14-25(35(53)43-27(17-30(46)47)36(54)44-28(37(55)56)18-31(48)49)41-29(45)19-39-32(50)21(3)40-34(52)26(16-23-12-8-5-9-13-23)42-33(51)24(38)15-22-10-6-4-7-11-22/h4-13,20-21,24-28H,14-19,38H2,1-3H3,(H,39,50)(H,40,52)(H,41,45)(H,42,51)(H,43,53)(H,44,54)(H,46,47)(H,48,49)(H,55,56)/t21-,24-,25-,26-,27-,28-/m0/s1. The van der Waals surface area contributed by atoms with E-state index >= 15 is 0 Å². The molecule has 11 N–H and O–H groups in total. The van der Waals surface area contributed by atoms with Crippen molar-refractivity contribution in [1.29, 1.82) is 0 Å². The van der Waals surface area contributed by atoms with Gasteiger partial charge in [0.05, 0.1) is 25.4 Å². The minimum atomic E-state index is -1.92. The number of carboxylic acids is 3. The van der Waals surface area contributed by atoms with Crippen LogP contribution in [0.2, 0.25) is 0 Å². The van der Waals surface area contributed by atoms with Crippen LogP contribution in [0.15, 0.2) is 60.7 Å². The Morgan fingerprint density at radius 1 is 0.554 bits per heavy atom. The van der Waals surface area contributed by atoms with Gasteiger partial charge in [0.15, 0.2) is 0 Å². The number of carboxylic acid groups (broad SMARTS) is 3. The summed E-state index contributed by atoms with van der Waals surface area (Å²) in [7, 11) is 0. The quantitative estimate of drug-likeness (QED) is 0.0611. The van der Waals surface area contributed by atoms with E-state index in [0.29, 0.717) is 0 Å². The van der Waals surface area contributed by atoms with Gasteiger partial charge < -0.3 is 53.0 Å². The third-order valence-electron chi connectivity index (χ3n) is 8.09. The van der Waals surface area contributed by atoms with Crippen LogP contribution in [0.4, 0.5) is 0 Å². The Kier molecular flexibility index (Phi) is 18.6. The Labute approximate surface area is 322 Å². The van der Waals surface area contributed by atoms with Crippen LogP contribution in [0.25, 0.3) is 0 Å². The number of aliphatic carboxylic acids is 3. The van der Waals surface area contributed by atoms with E-state index in [4.69, 9.17) is 10.8 Å². The summed E-state index contributed by atoms with van der Waals surface area (Å²) in [6.45, 7) is 4.08. The summed E-state index contributed by atoms with van der Waals surface area (Å²) in [5, 5.41) is 41.4. The Balaban J connectivity index is 2.06. The molecule has 0 saturated heterocycles. The van der Waals surface area contributed by atoms with Crippen molar-refractivity contribution in [3.05, 3.63) is 71.8 Å². The molecule has 19 nitrogen and oxygen atoms in total. The number of benzene rings is 2. The van der Waals surface area contributed by atoms with Crippen LogP contribution in [0.5, 0.6) is 0 Å². The van der Waals surface area contributed by atoms with Gasteiger partial charge >= 0.3 is 17.9 Å². The number of carbonyl (C=O) groups excluding carboxylic acids is 6. The Hall–Kier alpha value is -6.37. The van der Waals surface area contributed by atoms with Crippen molar-refractivity contribution in [2.24, 2.45) is 11.7 Å². The number of nitrogens with one attached hydrogen (secondary N) is 6. The molecule has 0 aromatic heterocycles. The monoisotopic (exact) mass is 783 g/mol. The van der Waals surface area contributed by atoms with Gasteiger partial charge in [-0.2, -0.15) is 0 Å². The number of nitrogens with two attached hydrogens (primary N) is 1. The third kappa shape index (κ3) is 16.8. The fraction of sp³-hybridized carbons (Fsp3) is 0.432. The van der Waals surface area contributed by atoms with Crippen molar-refractivity contribution in [2.45, 2.75) is 89.1 Å². The lowest BCUT2D eigenvalue weighted by atomic mass is 10.0. The molecule has 6 amide bonds. The van der Waals surface area contributed by atoms with Gasteiger partial charge in [0.1, 0.15) is 30.2 Å². The first kappa shape index (κ1) is 45.8. The second kappa shape index (κ2) is 22.8. The average molecular weight is 784 g/mol. The first-order valence-electron chi connectivity index (χ1n) is 17.6. The molecule has 304 valence electrons. The van der Waals surface area contributed by atoms with Crippen molar-refractivity contribution in [1.82, 2.24) is 31.9 Å². The number of amides is 6. The highest BCUT2D eigenvalue weighted by molar-refractivity contribution is 5.97. The molecule has 2 aromatic rings. The highest BCUT2D eigenvalue weighted by Crippen LogP contribution is 2.09. The van der Waals surface area contributed by atoms with Crippen LogP contribution in [-0.4, -0.2) is 111 Å². The normalized spacial score (nSPS) is 14.0. The molecular weight excluding hydrogens is 734 g/mol. The fourth-order valence-corrected chi connectivity index (χ4v) is 5.25. The van der Waals surface area contributed by atoms with Crippen molar-refractivity contribution < 1.29 is 58.5 Å². The summed E-state index contributed by atoms with van der Waals surface area (Å²) in [6, 6.07) is 9.46. The summed E-state index contributed by atoms with van der Waals surface area (Å²) < 4.78 is 0. The highest BCUT2D eigenvalue weighted by Gasteiger charge is 2.33.